The summed E-state index contributed by atoms with van der Waals surface area (Å²) >= 11 is 0. The van der Waals surface area contributed by atoms with Crippen molar-refractivity contribution in [2.75, 3.05) is 38.2 Å². The van der Waals surface area contributed by atoms with Gasteiger partial charge >= 0.3 is 0 Å². The Balaban J connectivity index is 1.21. The summed E-state index contributed by atoms with van der Waals surface area (Å²) in [4.78, 5) is 26.9. The van der Waals surface area contributed by atoms with Crippen molar-refractivity contribution in [2.45, 2.75) is 19.6 Å². The zero-order chi connectivity index (χ0) is 25.7. The van der Waals surface area contributed by atoms with Crippen LogP contribution in [0.15, 0.2) is 84.9 Å². The first-order valence-corrected chi connectivity index (χ1v) is 12.6. The Morgan fingerprint density at radius 3 is 2.54 bits per heavy atom. The molecule has 0 bridgehead atoms. The maximum absolute atomic E-state index is 12.4. The molecule has 3 aromatic rings. The number of carbonyl (C=O) groups excluding carboxylic acids is 2. The average Bonchev–Trinajstić information content (AvgIpc) is 2.94. The molecule has 7 heteroatoms. The summed E-state index contributed by atoms with van der Waals surface area (Å²) in [5.41, 5.74) is 3.60. The predicted octanol–water partition coefficient (Wildman–Crippen LogP) is 4.26. The van der Waals surface area contributed by atoms with Crippen LogP contribution >= 0.6 is 0 Å². The lowest BCUT2D eigenvalue weighted by molar-refractivity contribution is -0.117. The number of hydrogen-bond acceptors (Lipinski definition) is 5. The number of morpholine rings is 1. The second kappa shape index (κ2) is 14.0. The van der Waals surface area contributed by atoms with Crippen molar-refractivity contribution in [1.29, 1.82) is 0 Å². The fourth-order valence-electron chi connectivity index (χ4n) is 3.94. The number of hydrogen-bond donors (Lipinski definition) is 2. The molecule has 2 amide bonds. The van der Waals surface area contributed by atoms with Gasteiger partial charge in [-0.05, 0) is 47.0 Å². The Kier molecular flexibility index (Phi) is 9.86. The third kappa shape index (κ3) is 9.22. The minimum Gasteiger partial charge on any atom is -0.489 e. The number of nitrogens with one attached hydrogen (secondary N) is 2. The summed E-state index contributed by atoms with van der Waals surface area (Å²) < 4.78 is 11.2. The van der Waals surface area contributed by atoms with E-state index in [0.717, 1.165) is 61.0 Å². The van der Waals surface area contributed by atoms with Crippen LogP contribution < -0.4 is 15.4 Å². The fourth-order valence-corrected chi connectivity index (χ4v) is 3.94. The number of ether oxygens (including phenoxy) is 2. The minimum atomic E-state index is -0.199. The number of carbonyl (C=O) groups is 2. The fraction of sp³-hybridized carbons (Fsp3) is 0.267. The summed E-state index contributed by atoms with van der Waals surface area (Å²) in [6.45, 7) is 4.75. The molecular formula is C30H33N3O4. The van der Waals surface area contributed by atoms with Crippen molar-refractivity contribution in [3.05, 3.63) is 102 Å². The van der Waals surface area contributed by atoms with E-state index in [2.05, 4.69) is 15.5 Å². The Labute approximate surface area is 218 Å². The SMILES string of the molecule is O=C(/C=C/c1cccc(OCc2ccccc2)c1)NCc1cccc(NC(=O)CCN2CCOCC2)c1. The smallest absolute Gasteiger partial charge is 0.244 e. The van der Waals surface area contributed by atoms with Crippen molar-refractivity contribution in [3.63, 3.8) is 0 Å². The van der Waals surface area contributed by atoms with E-state index < -0.39 is 0 Å². The molecule has 0 unspecified atom stereocenters. The molecule has 1 aliphatic rings. The van der Waals surface area contributed by atoms with Gasteiger partial charge in [0.15, 0.2) is 0 Å². The largest absolute Gasteiger partial charge is 0.489 e. The highest BCUT2D eigenvalue weighted by atomic mass is 16.5. The quantitative estimate of drug-likeness (QED) is 0.386. The lowest BCUT2D eigenvalue weighted by Gasteiger charge is -2.26. The number of benzene rings is 3. The molecule has 2 N–H and O–H groups in total. The molecule has 0 atom stereocenters. The van der Waals surface area contributed by atoms with Gasteiger partial charge in [-0.15, -0.1) is 0 Å². The van der Waals surface area contributed by atoms with Crippen LogP contribution in [0.25, 0.3) is 6.08 Å². The number of nitrogens with zero attached hydrogens (tertiary/aromatic N) is 1. The number of rotatable bonds is 11. The third-order valence-electron chi connectivity index (χ3n) is 5.97. The van der Waals surface area contributed by atoms with Crippen LogP contribution in [0.1, 0.15) is 23.1 Å². The van der Waals surface area contributed by atoms with Crippen LogP contribution in [0.4, 0.5) is 5.69 Å². The van der Waals surface area contributed by atoms with E-state index in [1.807, 2.05) is 78.9 Å². The highest BCUT2D eigenvalue weighted by Gasteiger charge is 2.12. The maximum atomic E-state index is 12.4. The molecule has 0 aliphatic carbocycles. The molecule has 1 aliphatic heterocycles. The molecule has 0 saturated carbocycles. The molecular weight excluding hydrogens is 466 g/mol. The molecule has 1 saturated heterocycles. The molecule has 7 nitrogen and oxygen atoms in total. The zero-order valence-electron chi connectivity index (χ0n) is 20.9. The highest BCUT2D eigenvalue weighted by Crippen LogP contribution is 2.16. The van der Waals surface area contributed by atoms with E-state index in [4.69, 9.17) is 9.47 Å². The molecule has 1 heterocycles. The Morgan fingerprint density at radius 2 is 1.70 bits per heavy atom. The van der Waals surface area contributed by atoms with E-state index in [0.29, 0.717) is 19.6 Å². The monoisotopic (exact) mass is 499 g/mol. The van der Waals surface area contributed by atoms with Gasteiger partial charge in [0.25, 0.3) is 0 Å². The van der Waals surface area contributed by atoms with Crippen LogP contribution in [-0.4, -0.2) is 49.6 Å². The van der Waals surface area contributed by atoms with Gasteiger partial charge in [0.1, 0.15) is 12.4 Å². The van der Waals surface area contributed by atoms with E-state index >= 15 is 0 Å². The van der Waals surface area contributed by atoms with Gasteiger partial charge in [0, 0.05) is 44.4 Å². The zero-order valence-corrected chi connectivity index (χ0v) is 20.9. The van der Waals surface area contributed by atoms with Crippen LogP contribution in [0, 0.1) is 0 Å². The highest BCUT2D eigenvalue weighted by molar-refractivity contribution is 5.92. The van der Waals surface area contributed by atoms with Gasteiger partial charge in [0.05, 0.1) is 13.2 Å². The molecule has 3 aromatic carbocycles. The summed E-state index contributed by atoms with van der Waals surface area (Å²) in [5, 5.41) is 5.84. The summed E-state index contributed by atoms with van der Waals surface area (Å²) in [5.74, 6) is 0.524. The van der Waals surface area contributed by atoms with Crippen molar-refractivity contribution in [2.24, 2.45) is 0 Å². The van der Waals surface area contributed by atoms with Crippen LogP contribution in [-0.2, 0) is 27.5 Å². The molecule has 0 spiro atoms. The first kappa shape index (κ1) is 26.1. The van der Waals surface area contributed by atoms with E-state index in [1.165, 1.54) is 6.08 Å². The molecule has 4 rings (SSSR count). The molecule has 192 valence electrons. The second-order valence-electron chi connectivity index (χ2n) is 8.85. The van der Waals surface area contributed by atoms with Crippen LogP contribution in [0.5, 0.6) is 5.75 Å². The Bertz CT molecular complexity index is 1190. The van der Waals surface area contributed by atoms with Gasteiger partial charge in [-0.2, -0.15) is 0 Å². The molecule has 0 radical (unpaired) electrons. The van der Waals surface area contributed by atoms with Crippen molar-refractivity contribution < 1.29 is 19.1 Å². The van der Waals surface area contributed by atoms with Gasteiger partial charge in [-0.3, -0.25) is 14.5 Å². The van der Waals surface area contributed by atoms with Crippen LogP contribution in [0.3, 0.4) is 0 Å². The predicted molar refractivity (Wildman–Crippen MR) is 145 cm³/mol. The van der Waals surface area contributed by atoms with Crippen molar-refractivity contribution in [1.82, 2.24) is 10.2 Å². The first-order chi connectivity index (χ1) is 18.1. The number of anilines is 1. The molecule has 0 aromatic heterocycles. The van der Waals surface area contributed by atoms with E-state index in [1.54, 1.807) is 6.08 Å². The lowest BCUT2D eigenvalue weighted by Crippen LogP contribution is -2.38. The van der Waals surface area contributed by atoms with Gasteiger partial charge in [-0.1, -0.05) is 54.6 Å². The normalized spacial score (nSPS) is 13.8. The Hall–Kier alpha value is -3.94. The summed E-state index contributed by atoms with van der Waals surface area (Å²) in [6.07, 6.45) is 3.70. The van der Waals surface area contributed by atoms with Gasteiger partial charge in [-0.25, -0.2) is 0 Å². The minimum absolute atomic E-state index is 0.0226. The Morgan fingerprint density at radius 1 is 0.919 bits per heavy atom. The van der Waals surface area contributed by atoms with Crippen molar-refractivity contribution in [3.8, 4) is 5.75 Å². The van der Waals surface area contributed by atoms with Crippen molar-refractivity contribution >= 4 is 23.6 Å². The van der Waals surface area contributed by atoms with E-state index in [-0.39, 0.29) is 11.8 Å². The molecule has 1 fully saturated rings. The first-order valence-electron chi connectivity index (χ1n) is 12.6. The summed E-state index contributed by atoms with van der Waals surface area (Å²) in [6, 6.07) is 25.1. The maximum Gasteiger partial charge on any atom is 0.244 e. The molecule has 37 heavy (non-hydrogen) atoms. The van der Waals surface area contributed by atoms with Crippen LogP contribution in [0.2, 0.25) is 0 Å². The standard InChI is InChI=1S/C30H33N3O4/c34-29(13-12-24-8-5-11-28(21-24)37-23-25-6-2-1-3-7-25)31-22-26-9-4-10-27(20-26)32-30(35)14-15-33-16-18-36-19-17-33/h1-13,20-21H,14-19,22-23H2,(H,31,34)(H,32,35)/b13-12+. The van der Waals surface area contributed by atoms with Gasteiger partial charge in [0.2, 0.25) is 11.8 Å². The van der Waals surface area contributed by atoms with Gasteiger partial charge < -0.3 is 20.1 Å². The topological polar surface area (TPSA) is 79.9 Å². The average molecular weight is 500 g/mol. The third-order valence-corrected chi connectivity index (χ3v) is 5.97. The second-order valence-corrected chi connectivity index (χ2v) is 8.85. The summed E-state index contributed by atoms with van der Waals surface area (Å²) in [7, 11) is 0. The lowest BCUT2D eigenvalue weighted by atomic mass is 10.2. The number of amides is 2. The van der Waals surface area contributed by atoms with E-state index in [9.17, 15) is 9.59 Å².